The van der Waals surface area contributed by atoms with Gasteiger partial charge in [0, 0.05) is 19.3 Å². The second kappa shape index (κ2) is 10.8. The van der Waals surface area contributed by atoms with E-state index in [1.54, 1.807) is 20.5 Å². The van der Waals surface area contributed by atoms with Crippen molar-refractivity contribution in [2.24, 2.45) is 4.99 Å². The largest absolute Gasteiger partial charge is 0.497 e. The summed E-state index contributed by atoms with van der Waals surface area (Å²) in [4.78, 5) is 6.94. The van der Waals surface area contributed by atoms with Crippen LogP contribution in [0.3, 0.4) is 0 Å². The number of benzene rings is 2. The van der Waals surface area contributed by atoms with Crippen LogP contribution < -0.4 is 15.4 Å². The highest BCUT2D eigenvalue weighted by Gasteiger charge is 2.23. The Labute approximate surface area is 189 Å². The minimum absolute atomic E-state index is 0.273. The Morgan fingerprint density at radius 3 is 2.50 bits per heavy atom. The molecule has 0 aliphatic carbocycles. The zero-order valence-electron chi connectivity index (χ0n) is 18.7. The second-order valence-electron chi connectivity index (χ2n) is 7.79. The molecular formula is C24H31N7O. The lowest BCUT2D eigenvalue weighted by molar-refractivity contribution is 0.245. The zero-order chi connectivity index (χ0) is 22.2. The van der Waals surface area contributed by atoms with Gasteiger partial charge in [-0.1, -0.05) is 30.3 Å². The first-order chi connectivity index (χ1) is 15.8. The molecule has 0 saturated carbocycles. The maximum atomic E-state index is 5.33. The first-order valence-corrected chi connectivity index (χ1v) is 11.1. The predicted octanol–water partition coefficient (Wildman–Crippen LogP) is 2.78. The third-order valence-electron chi connectivity index (χ3n) is 5.84. The molecule has 0 bridgehead atoms. The van der Waals surface area contributed by atoms with Crippen LogP contribution in [0.25, 0.3) is 5.69 Å². The molecule has 1 aliphatic heterocycles. The van der Waals surface area contributed by atoms with E-state index in [1.807, 2.05) is 47.0 Å². The molecule has 4 rings (SSSR count). The number of nitrogens with zero attached hydrogens (tertiary/aromatic N) is 5. The summed E-state index contributed by atoms with van der Waals surface area (Å²) >= 11 is 0. The van der Waals surface area contributed by atoms with Crippen LogP contribution in [0.1, 0.15) is 30.3 Å². The Morgan fingerprint density at radius 1 is 1.06 bits per heavy atom. The molecule has 0 spiro atoms. The van der Waals surface area contributed by atoms with Crippen LogP contribution in [0.15, 0.2) is 65.9 Å². The van der Waals surface area contributed by atoms with Crippen molar-refractivity contribution in [3.8, 4) is 11.4 Å². The van der Waals surface area contributed by atoms with E-state index in [0.717, 1.165) is 42.9 Å². The molecule has 1 fully saturated rings. The number of aromatic nitrogens is 3. The van der Waals surface area contributed by atoms with Crippen molar-refractivity contribution >= 4 is 5.96 Å². The van der Waals surface area contributed by atoms with Gasteiger partial charge in [-0.25, -0.2) is 0 Å². The highest BCUT2D eigenvalue weighted by atomic mass is 16.5. The van der Waals surface area contributed by atoms with E-state index >= 15 is 0 Å². The Kier molecular flexibility index (Phi) is 7.34. The maximum Gasteiger partial charge on any atom is 0.191 e. The summed E-state index contributed by atoms with van der Waals surface area (Å²) in [7, 11) is 3.48. The fraction of sp³-hybridized carbons (Fsp3) is 0.375. The van der Waals surface area contributed by atoms with Gasteiger partial charge in [-0.2, -0.15) is 0 Å². The van der Waals surface area contributed by atoms with Gasteiger partial charge in [-0.3, -0.25) is 14.5 Å². The molecule has 2 N–H and O–H groups in total. The molecule has 0 amide bonds. The molecule has 1 saturated heterocycles. The molecule has 2 aromatic carbocycles. The summed E-state index contributed by atoms with van der Waals surface area (Å²) in [5, 5.41) is 15.2. The summed E-state index contributed by atoms with van der Waals surface area (Å²) in [6, 6.07) is 18.7. The third kappa shape index (κ3) is 5.26. The number of nitrogens with one attached hydrogen (secondary N) is 2. The number of rotatable bonds is 8. The van der Waals surface area contributed by atoms with Gasteiger partial charge in [0.1, 0.15) is 12.1 Å². The standard InChI is InChI=1S/C24H31N7O/c1-25-24(27-17-23-29-28-18-31(23)20-8-4-3-5-9-20)26-16-22(30-14-6-7-15-30)19-10-12-21(32-2)13-11-19/h3-5,8-13,18,22H,6-7,14-17H2,1-2H3,(H2,25,26,27). The molecule has 2 heterocycles. The lowest BCUT2D eigenvalue weighted by Crippen LogP contribution is -2.42. The quantitative estimate of drug-likeness (QED) is 0.420. The van der Waals surface area contributed by atoms with Crippen molar-refractivity contribution in [2.75, 3.05) is 33.8 Å². The molecule has 1 unspecified atom stereocenters. The van der Waals surface area contributed by atoms with Gasteiger partial charge in [0.2, 0.25) is 0 Å². The van der Waals surface area contributed by atoms with E-state index in [2.05, 4.69) is 42.9 Å². The minimum Gasteiger partial charge on any atom is -0.497 e. The second-order valence-corrected chi connectivity index (χ2v) is 7.79. The monoisotopic (exact) mass is 433 g/mol. The molecule has 0 radical (unpaired) electrons. The van der Waals surface area contributed by atoms with E-state index in [1.165, 1.54) is 18.4 Å². The Balaban J connectivity index is 1.40. The van der Waals surface area contributed by atoms with E-state index in [4.69, 9.17) is 4.74 Å². The zero-order valence-corrected chi connectivity index (χ0v) is 18.7. The van der Waals surface area contributed by atoms with Gasteiger partial charge in [-0.05, 0) is 55.8 Å². The van der Waals surface area contributed by atoms with Crippen LogP contribution in [0.2, 0.25) is 0 Å². The van der Waals surface area contributed by atoms with Crippen LogP contribution >= 0.6 is 0 Å². The van der Waals surface area contributed by atoms with Crippen LogP contribution in [0.5, 0.6) is 5.75 Å². The SMILES string of the molecule is CN=C(NCc1nncn1-c1ccccc1)NCC(c1ccc(OC)cc1)N1CCCC1. The topological polar surface area (TPSA) is 79.6 Å². The maximum absolute atomic E-state index is 5.33. The van der Waals surface area contributed by atoms with Gasteiger partial charge < -0.3 is 15.4 Å². The molecule has 1 aromatic heterocycles. The Bertz CT molecular complexity index is 995. The van der Waals surface area contributed by atoms with Crippen molar-refractivity contribution in [3.05, 3.63) is 72.3 Å². The lowest BCUT2D eigenvalue weighted by atomic mass is 10.1. The average Bonchev–Trinajstić information content (AvgIpc) is 3.55. The van der Waals surface area contributed by atoms with Crippen molar-refractivity contribution < 1.29 is 4.74 Å². The van der Waals surface area contributed by atoms with Crippen molar-refractivity contribution in [2.45, 2.75) is 25.4 Å². The number of guanidine groups is 1. The molecule has 1 atom stereocenters. The number of aliphatic imine (C=N–C) groups is 1. The van der Waals surface area contributed by atoms with Gasteiger partial charge in [0.05, 0.1) is 19.7 Å². The third-order valence-corrected chi connectivity index (χ3v) is 5.84. The van der Waals surface area contributed by atoms with Gasteiger partial charge in [0.15, 0.2) is 11.8 Å². The molecule has 8 nitrogen and oxygen atoms in total. The summed E-state index contributed by atoms with van der Waals surface area (Å²) in [6.45, 7) is 3.51. The first kappa shape index (κ1) is 21.8. The van der Waals surface area contributed by atoms with Crippen molar-refractivity contribution in [1.82, 2.24) is 30.3 Å². The fourth-order valence-electron chi connectivity index (χ4n) is 4.10. The predicted molar refractivity (Wildman–Crippen MR) is 126 cm³/mol. The van der Waals surface area contributed by atoms with Crippen LogP contribution in [0.4, 0.5) is 0 Å². The number of likely N-dealkylation sites (tertiary alicyclic amines) is 1. The molecule has 8 heteroatoms. The summed E-state index contributed by atoms with van der Waals surface area (Å²) < 4.78 is 7.30. The normalized spacial score (nSPS) is 15.5. The van der Waals surface area contributed by atoms with E-state index < -0.39 is 0 Å². The molecule has 32 heavy (non-hydrogen) atoms. The molecule has 1 aliphatic rings. The van der Waals surface area contributed by atoms with Gasteiger partial charge in [-0.15, -0.1) is 10.2 Å². The summed E-state index contributed by atoms with van der Waals surface area (Å²) in [5.41, 5.74) is 2.31. The van der Waals surface area contributed by atoms with E-state index in [-0.39, 0.29) is 6.04 Å². The number of hydrogen-bond acceptors (Lipinski definition) is 5. The molecule has 3 aromatic rings. The lowest BCUT2D eigenvalue weighted by Gasteiger charge is -2.29. The van der Waals surface area contributed by atoms with Crippen molar-refractivity contribution in [3.63, 3.8) is 0 Å². The molecular weight excluding hydrogens is 402 g/mol. The highest BCUT2D eigenvalue weighted by Crippen LogP contribution is 2.26. The first-order valence-electron chi connectivity index (χ1n) is 11.1. The Morgan fingerprint density at radius 2 is 1.81 bits per heavy atom. The van der Waals surface area contributed by atoms with Gasteiger partial charge in [0.25, 0.3) is 0 Å². The number of ether oxygens (including phenoxy) is 1. The molecule has 168 valence electrons. The van der Waals surface area contributed by atoms with Crippen LogP contribution in [-0.2, 0) is 6.54 Å². The van der Waals surface area contributed by atoms with E-state index in [0.29, 0.717) is 6.54 Å². The Hall–Kier alpha value is -3.39. The van der Waals surface area contributed by atoms with Gasteiger partial charge >= 0.3 is 0 Å². The highest BCUT2D eigenvalue weighted by molar-refractivity contribution is 5.79. The summed E-state index contributed by atoms with van der Waals surface area (Å²) in [6.07, 6.45) is 4.22. The number of hydrogen-bond donors (Lipinski definition) is 2. The number of methoxy groups -OCH3 is 1. The smallest absolute Gasteiger partial charge is 0.191 e. The average molecular weight is 434 g/mol. The fourth-order valence-corrected chi connectivity index (χ4v) is 4.10. The van der Waals surface area contributed by atoms with Crippen LogP contribution in [0, 0.1) is 0 Å². The minimum atomic E-state index is 0.273. The van der Waals surface area contributed by atoms with Crippen LogP contribution in [-0.4, -0.2) is 59.4 Å². The summed E-state index contributed by atoms with van der Waals surface area (Å²) in [5.74, 6) is 2.44. The van der Waals surface area contributed by atoms with E-state index in [9.17, 15) is 0 Å². The number of para-hydroxylation sites is 1. The van der Waals surface area contributed by atoms with Crippen molar-refractivity contribution in [1.29, 1.82) is 0 Å².